The lowest BCUT2D eigenvalue weighted by molar-refractivity contribution is -0.115. The minimum absolute atomic E-state index is 0.0412. The number of carbonyl (C=O) groups is 1. The first-order chi connectivity index (χ1) is 12.6. The van der Waals surface area contributed by atoms with E-state index in [0.717, 1.165) is 11.3 Å². The summed E-state index contributed by atoms with van der Waals surface area (Å²) in [7, 11) is 0. The lowest BCUT2D eigenvalue weighted by atomic mass is 10.1. The smallest absolute Gasteiger partial charge is 0.263 e. The van der Waals surface area contributed by atoms with Crippen LogP contribution in [0.2, 0.25) is 0 Å². The lowest BCUT2D eigenvalue weighted by Gasteiger charge is -2.07. The Balaban J connectivity index is 1.76. The molecule has 1 aliphatic heterocycles. The molecule has 26 heavy (non-hydrogen) atoms. The molecule has 0 bridgehead atoms. The average molecular weight is 353 g/mol. The molecular formula is C18H13F2N5O. The maximum Gasteiger partial charge on any atom is 0.263 e. The first-order valence-electron chi connectivity index (χ1n) is 7.87. The van der Waals surface area contributed by atoms with Gasteiger partial charge in [-0.1, -0.05) is 23.4 Å². The van der Waals surface area contributed by atoms with Crippen molar-refractivity contribution in [3.8, 4) is 5.69 Å². The van der Waals surface area contributed by atoms with Gasteiger partial charge >= 0.3 is 0 Å². The third-order valence-electron chi connectivity index (χ3n) is 4.00. The van der Waals surface area contributed by atoms with Gasteiger partial charge < -0.3 is 5.32 Å². The van der Waals surface area contributed by atoms with E-state index in [4.69, 9.17) is 0 Å². The number of nitrogens with zero attached hydrogens (tertiary/aromatic N) is 4. The van der Waals surface area contributed by atoms with Gasteiger partial charge in [-0.25, -0.2) is 13.5 Å². The Labute approximate surface area is 147 Å². The van der Waals surface area contributed by atoms with Crippen molar-refractivity contribution in [3.63, 3.8) is 0 Å². The van der Waals surface area contributed by atoms with Crippen LogP contribution >= 0.6 is 0 Å². The molecule has 3 aromatic rings. The Morgan fingerprint density at radius 3 is 2.81 bits per heavy atom. The zero-order chi connectivity index (χ0) is 18.1. The molecular weight excluding hydrogens is 340 g/mol. The zero-order valence-corrected chi connectivity index (χ0v) is 13.4. The van der Waals surface area contributed by atoms with Crippen molar-refractivity contribution in [2.75, 3.05) is 5.32 Å². The number of alkyl halides is 2. The second-order valence-corrected chi connectivity index (χ2v) is 5.76. The third kappa shape index (κ3) is 3.08. The summed E-state index contributed by atoms with van der Waals surface area (Å²) in [5.74, 6) is -0.305. The highest BCUT2D eigenvalue weighted by Gasteiger charge is 2.19. The maximum atomic E-state index is 12.9. The monoisotopic (exact) mass is 353 g/mol. The molecule has 0 radical (unpaired) electrons. The molecule has 0 aliphatic carbocycles. The number of carbonyl (C=O) groups excluding carboxylic acids is 1. The Morgan fingerprint density at radius 2 is 2.04 bits per heavy atom. The van der Waals surface area contributed by atoms with Crippen LogP contribution in [0.3, 0.4) is 0 Å². The van der Waals surface area contributed by atoms with Gasteiger partial charge in [0.25, 0.3) is 6.43 Å². The summed E-state index contributed by atoms with van der Waals surface area (Å²) in [4.78, 5) is 16.7. The Hall–Kier alpha value is -3.42. The van der Waals surface area contributed by atoms with Crippen LogP contribution in [0.25, 0.3) is 5.69 Å². The molecule has 130 valence electrons. The average Bonchev–Trinajstić information content (AvgIpc) is 3.11. The first kappa shape index (κ1) is 16.1. The van der Waals surface area contributed by atoms with Gasteiger partial charge in [0.15, 0.2) is 0 Å². The van der Waals surface area contributed by atoms with Crippen molar-refractivity contribution in [3.05, 3.63) is 66.0 Å². The minimum Gasteiger partial charge on any atom is -0.324 e. The lowest BCUT2D eigenvalue weighted by Crippen LogP contribution is -2.15. The number of hydrogen-bond donors (Lipinski definition) is 1. The topological polar surface area (TPSA) is 72.2 Å². The van der Waals surface area contributed by atoms with Gasteiger partial charge in [0, 0.05) is 5.56 Å². The predicted octanol–water partition coefficient (Wildman–Crippen LogP) is 3.67. The second kappa shape index (κ2) is 6.47. The van der Waals surface area contributed by atoms with Gasteiger partial charge in [-0.2, -0.15) is 0 Å². The number of rotatable bonds is 3. The molecule has 2 heterocycles. The highest BCUT2D eigenvalue weighted by Crippen LogP contribution is 2.33. The van der Waals surface area contributed by atoms with Crippen molar-refractivity contribution < 1.29 is 13.6 Å². The quantitative estimate of drug-likeness (QED) is 0.781. The summed E-state index contributed by atoms with van der Waals surface area (Å²) in [5.41, 5.74) is 2.65. The van der Waals surface area contributed by atoms with E-state index in [-0.39, 0.29) is 23.6 Å². The molecule has 0 saturated heterocycles. The summed E-state index contributed by atoms with van der Waals surface area (Å²) in [6, 6.07) is 11.4. The highest BCUT2D eigenvalue weighted by atomic mass is 19.3. The van der Waals surface area contributed by atoms with Crippen molar-refractivity contribution >= 4 is 23.0 Å². The van der Waals surface area contributed by atoms with E-state index in [0.29, 0.717) is 11.4 Å². The number of anilines is 1. The fraction of sp³-hybridized carbons (Fsp3) is 0.111. The van der Waals surface area contributed by atoms with E-state index in [1.165, 1.54) is 18.2 Å². The van der Waals surface area contributed by atoms with E-state index >= 15 is 0 Å². The first-order valence-corrected chi connectivity index (χ1v) is 7.87. The number of halogens is 2. The number of aliphatic imine (C=N–C) groups is 1. The zero-order valence-electron chi connectivity index (χ0n) is 13.4. The van der Waals surface area contributed by atoms with E-state index in [9.17, 15) is 13.6 Å². The molecule has 0 spiro atoms. The molecule has 1 aliphatic rings. The molecule has 1 amide bonds. The molecule has 0 saturated carbocycles. The van der Waals surface area contributed by atoms with Crippen LogP contribution in [0.4, 0.5) is 20.2 Å². The molecule has 0 unspecified atom stereocenters. The van der Waals surface area contributed by atoms with Crippen LogP contribution in [0.1, 0.15) is 24.0 Å². The number of nitrogens with one attached hydrogen (secondary N) is 1. The van der Waals surface area contributed by atoms with Gasteiger partial charge in [0.05, 0.1) is 41.6 Å². The molecule has 1 aromatic heterocycles. The minimum atomic E-state index is -2.61. The number of hydrogen-bond acceptors (Lipinski definition) is 4. The van der Waals surface area contributed by atoms with E-state index in [1.807, 2.05) is 24.3 Å². The molecule has 2 aromatic carbocycles. The van der Waals surface area contributed by atoms with Crippen molar-refractivity contribution in [1.29, 1.82) is 0 Å². The normalized spacial score (nSPS) is 13.8. The summed E-state index contributed by atoms with van der Waals surface area (Å²) in [6.07, 6.45) is 0.713. The van der Waals surface area contributed by atoms with Gasteiger partial charge in [-0.3, -0.25) is 9.79 Å². The Bertz CT molecular complexity index is 999. The number of aromatic nitrogens is 3. The van der Waals surface area contributed by atoms with Gasteiger partial charge in [0.2, 0.25) is 5.91 Å². The standard InChI is InChI=1S/C18H13F2N5O/c19-18(20)12-4-5-14-16(9-12)23-17(26)10-15(22-14)11-2-1-3-13(8-11)25-7-6-21-24-25/h1-9,18H,10H2,(H,23,26). The molecule has 6 nitrogen and oxygen atoms in total. The van der Waals surface area contributed by atoms with Crippen LogP contribution < -0.4 is 5.32 Å². The predicted molar refractivity (Wildman–Crippen MR) is 92.2 cm³/mol. The summed E-state index contributed by atoms with van der Waals surface area (Å²) in [6.45, 7) is 0. The van der Waals surface area contributed by atoms with E-state index in [2.05, 4.69) is 20.6 Å². The van der Waals surface area contributed by atoms with Crippen LogP contribution in [0, 0.1) is 0 Å². The Morgan fingerprint density at radius 1 is 1.15 bits per heavy atom. The van der Waals surface area contributed by atoms with Crippen molar-refractivity contribution in [2.24, 2.45) is 4.99 Å². The van der Waals surface area contributed by atoms with Gasteiger partial charge in [-0.15, -0.1) is 5.10 Å². The van der Waals surface area contributed by atoms with Crippen molar-refractivity contribution in [1.82, 2.24) is 15.0 Å². The van der Waals surface area contributed by atoms with E-state index < -0.39 is 6.43 Å². The molecule has 0 fully saturated rings. The van der Waals surface area contributed by atoms with Gasteiger partial charge in [-0.05, 0) is 29.8 Å². The van der Waals surface area contributed by atoms with Crippen LogP contribution in [0.15, 0.2) is 59.9 Å². The molecule has 0 atom stereocenters. The fourth-order valence-electron chi connectivity index (χ4n) is 2.76. The molecule has 4 rings (SSSR count). The summed E-state index contributed by atoms with van der Waals surface area (Å²) in [5, 5.41) is 10.4. The maximum absolute atomic E-state index is 12.9. The second-order valence-electron chi connectivity index (χ2n) is 5.76. The molecule has 8 heteroatoms. The number of benzene rings is 2. The largest absolute Gasteiger partial charge is 0.324 e. The SMILES string of the molecule is O=C1CC(c2cccc(-n3ccnn3)c2)=Nc2ccc(C(F)F)cc2N1. The van der Waals surface area contributed by atoms with Crippen LogP contribution in [0.5, 0.6) is 0 Å². The summed E-state index contributed by atoms with van der Waals surface area (Å²) >= 11 is 0. The van der Waals surface area contributed by atoms with Gasteiger partial charge in [0.1, 0.15) is 0 Å². The fourth-order valence-corrected chi connectivity index (χ4v) is 2.76. The number of amides is 1. The highest BCUT2D eigenvalue weighted by molar-refractivity contribution is 6.17. The van der Waals surface area contributed by atoms with Crippen LogP contribution in [-0.2, 0) is 4.79 Å². The summed E-state index contributed by atoms with van der Waals surface area (Å²) < 4.78 is 27.4. The Kier molecular flexibility index (Phi) is 4.00. The molecule has 1 N–H and O–H groups in total. The number of fused-ring (bicyclic) bond motifs is 1. The van der Waals surface area contributed by atoms with Crippen LogP contribution in [-0.4, -0.2) is 26.6 Å². The van der Waals surface area contributed by atoms with Crippen molar-refractivity contribution in [2.45, 2.75) is 12.8 Å². The van der Waals surface area contributed by atoms with E-state index in [1.54, 1.807) is 17.1 Å². The third-order valence-corrected chi connectivity index (χ3v) is 4.00.